The summed E-state index contributed by atoms with van der Waals surface area (Å²) in [7, 11) is 1.40. The van der Waals surface area contributed by atoms with Crippen LogP contribution in [0.15, 0.2) is 16.1 Å². The first-order chi connectivity index (χ1) is 9.10. The van der Waals surface area contributed by atoms with Crippen molar-refractivity contribution >= 4 is 34.9 Å². The number of carboxylic acid groups (broad SMARTS) is 1. The van der Waals surface area contributed by atoms with E-state index in [1.165, 1.54) is 7.05 Å². The minimum absolute atomic E-state index is 0.0442. The maximum atomic E-state index is 11.6. The van der Waals surface area contributed by atoms with Crippen LogP contribution in [0.4, 0.5) is 4.79 Å². The zero-order chi connectivity index (χ0) is 15.5. The fourth-order valence-electron chi connectivity index (χ4n) is 1.15. The second-order valence-electron chi connectivity index (χ2n) is 4.80. The molecule has 0 saturated carbocycles. The summed E-state index contributed by atoms with van der Waals surface area (Å²) in [6.45, 7) is 5.08. The Balaban J connectivity index is 2.73. The molecule has 8 nitrogen and oxygen atoms in total. The van der Waals surface area contributed by atoms with Gasteiger partial charge in [0.05, 0.1) is 10.9 Å². The molecule has 110 valence electrons. The zero-order valence-corrected chi connectivity index (χ0v) is 12.2. The third-order valence-corrected chi connectivity index (χ3v) is 2.95. The van der Waals surface area contributed by atoms with Gasteiger partial charge in [-0.3, -0.25) is 9.69 Å². The van der Waals surface area contributed by atoms with Crippen LogP contribution in [-0.2, 0) is 14.3 Å². The van der Waals surface area contributed by atoms with Crippen LogP contribution in [0.3, 0.4) is 0 Å². The predicted molar refractivity (Wildman–Crippen MR) is 70.3 cm³/mol. The van der Waals surface area contributed by atoms with Crippen molar-refractivity contribution in [3.8, 4) is 0 Å². The summed E-state index contributed by atoms with van der Waals surface area (Å²) < 4.78 is 4.96. The minimum atomic E-state index is -1.48. The molecule has 1 heterocycles. The van der Waals surface area contributed by atoms with Crippen LogP contribution >= 0.6 is 11.8 Å². The third-order valence-electron chi connectivity index (χ3n) is 1.89. The number of thioether (sulfide) groups is 1. The summed E-state index contributed by atoms with van der Waals surface area (Å²) in [5, 5.41) is 14.3. The highest BCUT2D eigenvalue weighted by atomic mass is 32.2. The average Bonchev–Trinajstić information content (AvgIpc) is 2.52. The summed E-state index contributed by atoms with van der Waals surface area (Å²) >= 11 is 0.812. The van der Waals surface area contributed by atoms with E-state index in [4.69, 9.17) is 4.74 Å². The van der Waals surface area contributed by atoms with Crippen LogP contribution in [-0.4, -0.2) is 40.7 Å². The molecule has 0 spiro atoms. The third kappa shape index (κ3) is 4.57. The van der Waals surface area contributed by atoms with Crippen molar-refractivity contribution in [2.45, 2.75) is 26.4 Å². The number of likely N-dealkylation sites (N-methyl/N-ethyl adjacent to an activating group) is 1. The first-order valence-electron chi connectivity index (χ1n) is 5.55. The second kappa shape index (κ2) is 5.95. The standard InChI is InChI=1S/C11H15N3O5S/c1-11(2,3)19-10(18)13-12-9-14(4)8(17)6(20-9)5-7(15)16/h5H,1-4H3,(H,13,18)(H,15,16)/p-1/b6-5-,12-9-. The Morgan fingerprint density at radius 3 is 2.55 bits per heavy atom. The lowest BCUT2D eigenvalue weighted by atomic mass is 10.2. The molecule has 9 heteroatoms. The summed E-state index contributed by atoms with van der Waals surface area (Å²) in [5.41, 5.74) is 1.46. The van der Waals surface area contributed by atoms with Crippen molar-refractivity contribution in [2.75, 3.05) is 7.05 Å². The van der Waals surface area contributed by atoms with Crippen molar-refractivity contribution < 1.29 is 24.2 Å². The molecule has 2 amide bonds. The van der Waals surface area contributed by atoms with E-state index in [2.05, 4.69) is 10.5 Å². The average molecular weight is 300 g/mol. The van der Waals surface area contributed by atoms with Gasteiger partial charge in [0, 0.05) is 7.05 Å². The van der Waals surface area contributed by atoms with Gasteiger partial charge >= 0.3 is 6.09 Å². The molecule has 1 aliphatic heterocycles. The van der Waals surface area contributed by atoms with Crippen molar-refractivity contribution in [1.29, 1.82) is 0 Å². The van der Waals surface area contributed by atoms with Crippen LogP contribution in [0.2, 0.25) is 0 Å². The largest absolute Gasteiger partial charge is 0.545 e. The zero-order valence-electron chi connectivity index (χ0n) is 11.4. The molecule has 0 aromatic carbocycles. The van der Waals surface area contributed by atoms with Crippen LogP contribution in [0.1, 0.15) is 20.8 Å². The number of amides is 2. The number of hydrazone groups is 1. The quantitative estimate of drug-likeness (QED) is 0.550. The summed E-state index contributed by atoms with van der Waals surface area (Å²) in [6, 6.07) is 0. The van der Waals surface area contributed by atoms with Gasteiger partial charge in [0.15, 0.2) is 5.17 Å². The number of aliphatic carboxylic acids is 1. The molecule has 0 aromatic rings. The predicted octanol–water partition coefficient (Wildman–Crippen LogP) is -0.379. The molecule has 0 atom stereocenters. The number of nitrogens with zero attached hydrogens (tertiary/aromatic N) is 2. The van der Waals surface area contributed by atoms with Crippen molar-refractivity contribution in [1.82, 2.24) is 10.3 Å². The number of carbonyl (C=O) groups excluding carboxylic acids is 3. The number of rotatable bonds is 2. The molecule has 0 bridgehead atoms. The molecule has 1 saturated heterocycles. The Hall–Kier alpha value is -2.03. The fraction of sp³-hybridized carbons (Fsp3) is 0.455. The molecule has 0 radical (unpaired) electrons. The van der Waals surface area contributed by atoms with Crippen molar-refractivity contribution in [2.24, 2.45) is 5.10 Å². The SMILES string of the molecule is CN1C(=O)/C(=C/C(=O)[O-])S/C1=N\NC(=O)OC(C)(C)C. The lowest BCUT2D eigenvalue weighted by molar-refractivity contribution is -0.297. The number of amidine groups is 1. The number of carbonyl (C=O) groups is 3. The van der Waals surface area contributed by atoms with Crippen LogP contribution in [0.5, 0.6) is 0 Å². The number of hydrogen-bond acceptors (Lipinski definition) is 7. The molecular formula is C11H14N3O5S-. The van der Waals surface area contributed by atoms with Gasteiger partial charge in [0.2, 0.25) is 0 Å². The molecular weight excluding hydrogens is 286 g/mol. The van der Waals surface area contributed by atoms with Gasteiger partial charge in [-0.2, -0.15) is 0 Å². The molecule has 0 unspecified atom stereocenters. The van der Waals surface area contributed by atoms with Crippen molar-refractivity contribution in [3.05, 3.63) is 11.0 Å². The molecule has 1 rings (SSSR count). The molecule has 1 N–H and O–H groups in total. The van der Waals surface area contributed by atoms with E-state index in [-0.39, 0.29) is 10.1 Å². The summed E-state index contributed by atoms with van der Waals surface area (Å²) in [6.07, 6.45) is -0.0942. The van der Waals surface area contributed by atoms with Gasteiger partial charge in [0.25, 0.3) is 5.91 Å². The molecule has 1 aliphatic rings. The lowest BCUT2D eigenvalue weighted by Gasteiger charge is -2.18. The Morgan fingerprint density at radius 1 is 1.45 bits per heavy atom. The van der Waals surface area contributed by atoms with Gasteiger partial charge in [-0.15, -0.1) is 5.10 Å². The number of nitrogens with one attached hydrogen (secondary N) is 1. The fourth-order valence-corrected chi connectivity index (χ4v) is 2.04. The van der Waals surface area contributed by atoms with Gasteiger partial charge in [-0.1, -0.05) is 0 Å². The first-order valence-corrected chi connectivity index (χ1v) is 6.37. The van der Waals surface area contributed by atoms with E-state index in [1.807, 2.05) is 0 Å². The Kier molecular flexibility index (Phi) is 4.77. The number of carboxylic acids is 1. The Morgan fingerprint density at radius 2 is 2.05 bits per heavy atom. The highest BCUT2D eigenvalue weighted by Crippen LogP contribution is 2.28. The summed E-state index contributed by atoms with van der Waals surface area (Å²) in [5.74, 6) is -2.01. The number of hydrogen-bond donors (Lipinski definition) is 1. The monoisotopic (exact) mass is 300 g/mol. The number of ether oxygens (including phenoxy) is 1. The Bertz CT molecular complexity index is 507. The lowest BCUT2D eigenvalue weighted by Crippen LogP contribution is -2.32. The van der Waals surface area contributed by atoms with E-state index in [1.54, 1.807) is 20.8 Å². The molecule has 20 heavy (non-hydrogen) atoms. The van der Waals surface area contributed by atoms with Gasteiger partial charge in [0.1, 0.15) is 5.60 Å². The highest BCUT2D eigenvalue weighted by Gasteiger charge is 2.30. The van der Waals surface area contributed by atoms with Crippen LogP contribution in [0.25, 0.3) is 0 Å². The highest BCUT2D eigenvalue weighted by molar-refractivity contribution is 8.18. The topological polar surface area (TPSA) is 111 Å². The first kappa shape index (κ1) is 16.0. The van der Waals surface area contributed by atoms with Crippen LogP contribution in [0, 0.1) is 0 Å². The smallest absolute Gasteiger partial charge is 0.428 e. The molecule has 0 aliphatic carbocycles. The summed E-state index contributed by atoms with van der Waals surface area (Å²) in [4.78, 5) is 34.5. The maximum absolute atomic E-state index is 11.6. The van der Waals surface area contributed by atoms with Crippen LogP contribution < -0.4 is 10.5 Å². The van der Waals surface area contributed by atoms with E-state index in [0.29, 0.717) is 6.08 Å². The van der Waals surface area contributed by atoms with E-state index < -0.39 is 23.6 Å². The van der Waals surface area contributed by atoms with E-state index in [0.717, 1.165) is 16.7 Å². The van der Waals surface area contributed by atoms with Gasteiger partial charge in [-0.05, 0) is 38.6 Å². The second-order valence-corrected chi connectivity index (χ2v) is 5.81. The Labute approximate surface area is 119 Å². The normalized spacial score (nSPS) is 19.6. The minimum Gasteiger partial charge on any atom is -0.545 e. The molecule has 0 aromatic heterocycles. The maximum Gasteiger partial charge on any atom is 0.428 e. The van der Waals surface area contributed by atoms with E-state index in [9.17, 15) is 19.5 Å². The van der Waals surface area contributed by atoms with E-state index >= 15 is 0 Å². The van der Waals surface area contributed by atoms with Gasteiger partial charge < -0.3 is 14.6 Å². The van der Waals surface area contributed by atoms with Gasteiger partial charge in [-0.25, -0.2) is 10.2 Å². The van der Waals surface area contributed by atoms with Crippen molar-refractivity contribution in [3.63, 3.8) is 0 Å². The molecule has 1 fully saturated rings.